The lowest BCUT2D eigenvalue weighted by atomic mass is 9.97. The zero-order valence-corrected chi connectivity index (χ0v) is 17.9. The maximum absolute atomic E-state index is 12.2. The average Bonchev–Trinajstić information content (AvgIpc) is 3.02. The van der Waals surface area contributed by atoms with Crippen LogP contribution in [0.4, 0.5) is 0 Å². The van der Waals surface area contributed by atoms with Crippen LogP contribution < -0.4 is 11.1 Å². The Labute approximate surface area is 168 Å². The first-order chi connectivity index (χ1) is 11.0. The Balaban J connectivity index is 0.00000288. The summed E-state index contributed by atoms with van der Waals surface area (Å²) in [6, 6.07) is 4.14. The summed E-state index contributed by atoms with van der Waals surface area (Å²) in [5.74, 6) is 1.22. The highest BCUT2D eigenvalue weighted by Crippen LogP contribution is 2.29. The van der Waals surface area contributed by atoms with E-state index in [1.165, 1.54) is 17.7 Å². The molecule has 1 fully saturated rings. The Kier molecular flexibility index (Phi) is 12.0. The first-order valence-electron chi connectivity index (χ1n) is 8.78. The van der Waals surface area contributed by atoms with E-state index >= 15 is 0 Å². The van der Waals surface area contributed by atoms with Crippen molar-refractivity contribution >= 4 is 42.1 Å². The monoisotopic (exact) mass is 409 g/mol. The summed E-state index contributed by atoms with van der Waals surface area (Å²) in [5.41, 5.74) is 6.00. The molecule has 1 aliphatic rings. The molecule has 2 heterocycles. The molecule has 0 aliphatic carbocycles. The van der Waals surface area contributed by atoms with Crippen LogP contribution >= 0.6 is 36.2 Å². The summed E-state index contributed by atoms with van der Waals surface area (Å²) in [7, 11) is 0. The molecule has 1 aliphatic heterocycles. The third-order valence-corrected chi connectivity index (χ3v) is 5.64. The van der Waals surface area contributed by atoms with Crippen molar-refractivity contribution in [1.82, 2.24) is 10.2 Å². The number of carbonyl (C=O) groups excluding carboxylic acids is 1. The van der Waals surface area contributed by atoms with Crippen LogP contribution in [0.5, 0.6) is 0 Å². The molecule has 146 valence electrons. The van der Waals surface area contributed by atoms with Gasteiger partial charge in [0.2, 0.25) is 5.91 Å². The van der Waals surface area contributed by atoms with E-state index in [2.05, 4.69) is 48.5 Å². The van der Waals surface area contributed by atoms with Gasteiger partial charge in [-0.3, -0.25) is 9.69 Å². The third-order valence-electron chi connectivity index (χ3n) is 4.66. The number of nitrogens with zero attached hydrogens (tertiary/aromatic N) is 1. The molecule has 7 heteroatoms. The van der Waals surface area contributed by atoms with Crippen molar-refractivity contribution in [1.29, 1.82) is 0 Å². The molecule has 4 nitrogen and oxygen atoms in total. The lowest BCUT2D eigenvalue weighted by Gasteiger charge is -2.36. The fraction of sp³-hybridized carbons (Fsp3) is 0.722. The molecule has 25 heavy (non-hydrogen) atoms. The predicted octanol–water partition coefficient (Wildman–Crippen LogP) is 3.85. The summed E-state index contributed by atoms with van der Waals surface area (Å²) < 4.78 is 0. The minimum absolute atomic E-state index is 0. The Morgan fingerprint density at radius 3 is 2.52 bits per heavy atom. The Morgan fingerprint density at radius 2 is 2.00 bits per heavy atom. The largest absolute Gasteiger partial charge is 0.353 e. The molecule has 1 amide bonds. The summed E-state index contributed by atoms with van der Waals surface area (Å²) >= 11 is 1.77. The number of rotatable bonds is 7. The van der Waals surface area contributed by atoms with E-state index in [1.54, 1.807) is 11.3 Å². The van der Waals surface area contributed by atoms with E-state index in [1.807, 2.05) is 0 Å². The van der Waals surface area contributed by atoms with Gasteiger partial charge in [-0.05, 0) is 55.6 Å². The summed E-state index contributed by atoms with van der Waals surface area (Å²) in [6.45, 7) is 9.38. The van der Waals surface area contributed by atoms with Crippen molar-refractivity contribution in [3.8, 4) is 0 Å². The quantitative estimate of drug-likeness (QED) is 0.718. The van der Waals surface area contributed by atoms with Gasteiger partial charge in [0.15, 0.2) is 0 Å². The standard InChI is InChI=1S/C18H31N3OS.2ClH/c1-13(2)11-15(19)18(22)20-12-16(17-5-4-10-23-17)21-8-6-14(3)7-9-21;;/h4-5,10,13-16H,6-9,11-12,19H2,1-3H3,(H,20,22);2*1H/t15-,16?;;/m0../s1. The second kappa shape index (κ2) is 12.1. The highest BCUT2D eigenvalue weighted by molar-refractivity contribution is 7.10. The fourth-order valence-electron chi connectivity index (χ4n) is 3.17. The van der Waals surface area contributed by atoms with Crippen LogP contribution in [0.15, 0.2) is 17.5 Å². The number of piperidine rings is 1. The van der Waals surface area contributed by atoms with Gasteiger partial charge in [-0.2, -0.15) is 0 Å². The van der Waals surface area contributed by atoms with Gasteiger partial charge in [0.25, 0.3) is 0 Å². The first-order valence-corrected chi connectivity index (χ1v) is 9.66. The molecule has 0 radical (unpaired) electrons. The number of carbonyl (C=O) groups is 1. The third kappa shape index (κ3) is 7.83. The van der Waals surface area contributed by atoms with Gasteiger partial charge < -0.3 is 11.1 Å². The van der Waals surface area contributed by atoms with Crippen LogP contribution in [0.1, 0.15) is 51.0 Å². The molecular weight excluding hydrogens is 377 g/mol. The van der Waals surface area contributed by atoms with E-state index in [-0.39, 0.29) is 36.8 Å². The number of amides is 1. The second-order valence-corrected chi connectivity index (χ2v) is 8.21. The van der Waals surface area contributed by atoms with E-state index in [4.69, 9.17) is 5.73 Å². The minimum atomic E-state index is -0.402. The number of thiophene rings is 1. The SMILES string of the molecule is CC(C)C[C@H](N)C(=O)NCC(c1cccs1)N1CCC(C)CC1.Cl.Cl. The van der Waals surface area contributed by atoms with E-state index < -0.39 is 6.04 Å². The normalized spacial score (nSPS) is 18.1. The van der Waals surface area contributed by atoms with Gasteiger partial charge in [0, 0.05) is 11.4 Å². The van der Waals surface area contributed by atoms with Crippen molar-refractivity contribution < 1.29 is 4.79 Å². The smallest absolute Gasteiger partial charge is 0.236 e. The van der Waals surface area contributed by atoms with Gasteiger partial charge in [-0.1, -0.05) is 26.8 Å². The number of likely N-dealkylation sites (tertiary alicyclic amines) is 1. The highest BCUT2D eigenvalue weighted by Gasteiger charge is 2.26. The molecule has 2 rings (SSSR count). The van der Waals surface area contributed by atoms with Crippen LogP contribution in [0.25, 0.3) is 0 Å². The number of hydrogen-bond donors (Lipinski definition) is 2. The molecule has 2 atom stereocenters. The molecule has 0 bridgehead atoms. The molecule has 1 aromatic heterocycles. The molecular formula is C18H33Cl2N3OS. The van der Waals surface area contributed by atoms with Crippen molar-refractivity contribution in [3.05, 3.63) is 22.4 Å². The summed E-state index contributed by atoms with van der Waals surface area (Å²) in [5, 5.41) is 5.20. The number of nitrogens with one attached hydrogen (secondary N) is 1. The van der Waals surface area contributed by atoms with E-state index in [0.29, 0.717) is 12.5 Å². The lowest BCUT2D eigenvalue weighted by molar-refractivity contribution is -0.123. The maximum atomic E-state index is 12.2. The molecule has 0 aromatic carbocycles. The molecule has 0 saturated carbocycles. The lowest BCUT2D eigenvalue weighted by Crippen LogP contribution is -2.46. The zero-order valence-electron chi connectivity index (χ0n) is 15.4. The maximum Gasteiger partial charge on any atom is 0.236 e. The van der Waals surface area contributed by atoms with Crippen molar-refractivity contribution in [2.75, 3.05) is 19.6 Å². The fourth-order valence-corrected chi connectivity index (χ4v) is 4.03. The molecule has 1 unspecified atom stereocenters. The van der Waals surface area contributed by atoms with Crippen LogP contribution in [0, 0.1) is 11.8 Å². The summed E-state index contributed by atoms with van der Waals surface area (Å²) in [6.07, 6.45) is 3.21. The van der Waals surface area contributed by atoms with Crippen LogP contribution in [0.2, 0.25) is 0 Å². The van der Waals surface area contributed by atoms with Gasteiger partial charge >= 0.3 is 0 Å². The molecule has 1 aromatic rings. The van der Waals surface area contributed by atoms with Gasteiger partial charge in [-0.15, -0.1) is 36.2 Å². The summed E-state index contributed by atoms with van der Waals surface area (Å²) in [4.78, 5) is 16.1. The predicted molar refractivity (Wildman–Crippen MR) is 112 cm³/mol. The highest BCUT2D eigenvalue weighted by atomic mass is 35.5. The number of halogens is 2. The molecule has 0 spiro atoms. The average molecular weight is 410 g/mol. The molecule has 3 N–H and O–H groups in total. The second-order valence-electron chi connectivity index (χ2n) is 7.23. The Bertz CT molecular complexity index is 477. The van der Waals surface area contributed by atoms with Crippen molar-refractivity contribution in [2.45, 2.75) is 52.1 Å². The zero-order chi connectivity index (χ0) is 16.8. The van der Waals surface area contributed by atoms with Gasteiger partial charge in [-0.25, -0.2) is 0 Å². The Hall–Kier alpha value is -0.330. The van der Waals surface area contributed by atoms with Crippen LogP contribution in [0.3, 0.4) is 0 Å². The number of nitrogens with two attached hydrogens (primary N) is 1. The number of hydrogen-bond acceptors (Lipinski definition) is 4. The van der Waals surface area contributed by atoms with Crippen LogP contribution in [-0.2, 0) is 4.79 Å². The van der Waals surface area contributed by atoms with E-state index in [0.717, 1.165) is 25.4 Å². The Morgan fingerprint density at radius 1 is 1.36 bits per heavy atom. The van der Waals surface area contributed by atoms with Gasteiger partial charge in [0.05, 0.1) is 12.1 Å². The van der Waals surface area contributed by atoms with Gasteiger partial charge in [0.1, 0.15) is 0 Å². The van der Waals surface area contributed by atoms with Crippen LogP contribution in [-0.4, -0.2) is 36.5 Å². The first kappa shape index (κ1) is 24.7. The van der Waals surface area contributed by atoms with Crippen molar-refractivity contribution in [2.24, 2.45) is 17.6 Å². The molecule has 1 saturated heterocycles. The minimum Gasteiger partial charge on any atom is -0.353 e. The van der Waals surface area contributed by atoms with Crippen molar-refractivity contribution in [3.63, 3.8) is 0 Å². The topological polar surface area (TPSA) is 58.4 Å². The van der Waals surface area contributed by atoms with E-state index in [9.17, 15) is 4.79 Å².